The monoisotopic (exact) mass is 476 g/mol. The lowest BCUT2D eigenvalue weighted by Crippen LogP contribution is -2.51. The summed E-state index contributed by atoms with van der Waals surface area (Å²) in [5.74, 6) is -1.62. The van der Waals surface area contributed by atoms with E-state index in [1.807, 2.05) is 30.3 Å². The van der Waals surface area contributed by atoms with Gasteiger partial charge in [-0.2, -0.15) is 0 Å². The van der Waals surface area contributed by atoms with Gasteiger partial charge in [-0.25, -0.2) is 9.59 Å². The van der Waals surface area contributed by atoms with E-state index in [0.717, 1.165) is 11.1 Å². The zero-order chi connectivity index (χ0) is 22.1. The third-order valence-corrected chi connectivity index (χ3v) is 4.41. The molecule has 0 spiro atoms. The van der Waals surface area contributed by atoms with Crippen LogP contribution in [0.3, 0.4) is 0 Å². The second-order valence-electron chi connectivity index (χ2n) is 7.49. The van der Waals surface area contributed by atoms with Crippen LogP contribution in [0.1, 0.15) is 31.9 Å². The van der Waals surface area contributed by atoms with Gasteiger partial charge in [0.15, 0.2) is 0 Å². The number of nitrogens with one attached hydrogen (secondary N) is 2. The first kappa shape index (κ1) is 23.4. The summed E-state index contributed by atoms with van der Waals surface area (Å²) >= 11 is 3.35. The minimum atomic E-state index is -1.57. The number of alkyl halides is 1. The van der Waals surface area contributed by atoms with Crippen molar-refractivity contribution in [3.05, 3.63) is 65.7 Å². The maximum absolute atomic E-state index is 12.7. The van der Waals surface area contributed by atoms with Gasteiger partial charge in [0.25, 0.3) is 5.91 Å². The molecule has 2 aromatic rings. The van der Waals surface area contributed by atoms with Gasteiger partial charge < -0.3 is 14.8 Å². The Kier molecular flexibility index (Phi) is 8.41. The molecule has 1 atom stereocenters. The molecule has 30 heavy (non-hydrogen) atoms. The predicted octanol–water partition coefficient (Wildman–Crippen LogP) is 4.16. The van der Waals surface area contributed by atoms with Gasteiger partial charge in [0.1, 0.15) is 12.2 Å². The van der Waals surface area contributed by atoms with Crippen molar-refractivity contribution >= 4 is 39.6 Å². The molecule has 0 aliphatic rings. The van der Waals surface area contributed by atoms with Crippen molar-refractivity contribution in [3.63, 3.8) is 0 Å². The maximum Gasteiger partial charge on any atom is 0.408 e. The van der Waals surface area contributed by atoms with Gasteiger partial charge >= 0.3 is 12.1 Å². The third kappa shape index (κ3) is 7.87. The summed E-state index contributed by atoms with van der Waals surface area (Å²) in [5.41, 5.74) is 1.48. The molecule has 0 aliphatic heterocycles. The summed E-state index contributed by atoms with van der Waals surface area (Å²) in [5, 5.41) is 5.59. The smallest absolute Gasteiger partial charge is 0.408 e. The van der Waals surface area contributed by atoms with Gasteiger partial charge in [-0.05, 0) is 44.0 Å². The highest BCUT2D eigenvalue weighted by molar-refractivity contribution is 9.08. The molecule has 0 unspecified atom stereocenters. The van der Waals surface area contributed by atoms with Gasteiger partial charge in [-0.3, -0.25) is 10.1 Å². The van der Waals surface area contributed by atoms with Crippen molar-refractivity contribution in [3.8, 4) is 0 Å². The fourth-order valence-electron chi connectivity index (χ4n) is 2.36. The van der Waals surface area contributed by atoms with Crippen LogP contribution in [0.2, 0.25) is 0 Å². The number of hydrogen-bond donors (Lipinski definition) is 2. The van der Waals surface area contributed by atoms with Crippen LogP contribution < -0.4 is 10.6 Å². The lowest BCUT2D eigenvalue weighted by molar-refractivity contribution is -0.149. The number of amides is 2. The molecule has 2 aromatic carbocycles. The number of halogens is 1. The van der Waals surface area contributed by atoms with Crippen LogP contribution in [0, 0.1) is 0 Å². The third-order valence-electron chi connectivity index (χ3n) is 3.76. The zero-order valence-corrected chi connectivity index (χ0v) is 18.7. The fourth-order valence-corrected chi connectivity index (χ4v) is 2.73. The van der Waals surface area contributed by atoms with E-state index in [4.69, 9.17) is 9.47 Å². The van der Waals surface area contributed by atoms with Gasteiger partial charge in [0.05, 0.1) is 0 Å². The van der Waals surface area contributed by atoms with E-state index >= 15 is 0 Å². The minimum absolute atomic E-state index is 0.0284. The Morgan fingerprint density at radius 2 is 1.60 bits per heavy atom. The van der Waals surface area contributed by atoms with Crippen LogP contribution in [0.4, 0.5) is 10.5 Å². The molecule has 2 N–H and O–H groups in total. The Bertz CT molecular complexity index is 863. The normalized spacial score (nSPS) is 11.9. The van der Waals surface area contributed by atoms with E-state index in [1.165, 1.54) is 0 Å². The molecule has 2 amide bonds. The van der Waals surface area contributed by atoms with Gasteiger partial charge in [-0.15, -0.1) is 0 Å². The van der Waals surface area contributed by atoms with Crippen LogP contribution in [-0.4, -0.2) is 29.6 Å². The Labute approximate surface area is 184 Å². The average Bonchev–Trinajstić information content (AvgIpc) is 2.70. The second-order valence-corrected chi connectivity index (χ2v) is 8.05. The van der Waals surface area contributed by atoms with Gasteiger partial charge in [-0.1, -0.05) is 58.4 Å². The van der Waals surface area contributed by atoms with Crippen LogP contribution in [0.15, 0.2) is 54.6 Å². The Morgan fingerprint density at radius 3 is 2.17 bits per heavy atom. The van der Waals surface area contributed by atoms with Gasteiger partial charge in [0, 0.05) is 11.0 Å². The van der Waals surface area contributed by atoms with E-state index in [-0.39, 0.29) is 6.61 Å². The van der Waals surface area contributed by atoms with Crippen molar-refractivity contribution in [2.75, 3.05) is 5.32 Å². The molecule has 160 valence electrons. The Morgan fingerprint density at radius 1 is 0.967 bits per heavy atom. The molecule has 8 heteroatoms. The topological polar surface area (TPSA) is 93.7 Å². The number of esters is 1. The van der Waals surface area contributed by atoms with Gasteiger partial charge in [0.2, 0.25) is 6.04 Å². The first-order valence-electron chi connectivity index (χ1n) is 9.34. The lowest BCUT2D eigenvalue weighted by atomic mass is 10.2. The van der Waals surface area contributed by atoms with Crippen molar-refractivity contribution in [2.45, 2.75) is 44.4 Å². The first-order chi connectivity index (χ1) is 14.2. The molecule has 0 heterocycles. The molecule has 0 saturated carbocycles. The first-order valence-corrected chi connectivity index (χ1v) is 10.5. The van der Waals surface area contributed by atoms with Crippen LogP contribution in [0.25, 0.3) is 0 Å². The maximum atomic E-state index is 12.7. The predicted molar refractivity (Wildman–Crippen MR) is 117 cm³/mol. The van der Waals surface area contributed by atoms with Crippen molar-refractivity contribution in [1.29, 1.82) is 0 Å². The van der Waals surface area contributed by atoms with E-state index < -0.39 is 29.6 Å². The Balaban J connectivity index is 2.10. The van der Waals surface area contributed by atoms with E-state index in [9.17, 15) is 14.4 Å². The van der Waals surface area contributed by atoms with E-state index in [2.05, 4.69) is 26.6 Å². The number of rotatable bonds is 7. The highest BCUT2D eigenvalue weighted by Crippen LogP contribution is 2.13. The quantitative estimate of drug-likeness (QED) is 0.355. The minimum Gasteiger partial charge on any atom is -0.459 e. The summed E-state index contributed by atoms with van der Waals surface area (Å²) in [4.78, 5) is 37.5. The van der Waals surface area contributed by atoms with E-state index in [0.29, 0.717) is 11.0 Å². The van der Waals surface area contributed by atoms with Crippen molar-refractivity contribution in [2.24, 2.45) is 0 Å². The molecule has 0 fully saturated rings. The van der Waals surface area contributed by atoms with E-state index in [1.54, 1.807) is 45.0 Å². The lowest BCUT2D eigenvalue weighted by Gasteiger charge is -2.22. The fraction of sp³-hybridized carbons (Fsp3) is 0.318. The summed E-state index contributed by atoms with van der Waals surface area (Å²) in [6, 6.07) is 14.5. The molecule has 0 saturated heterocycles. The summed E-state index contributed by atoms with van der Waals surface area (Å²) in [6.45, 7) is 5.02. The van der Waals surface area contributed by atoms with Crippen LogP contribution in [0.5, 0.6) is 0 Å². The largest absolute Gasteiger partial charge is 0.459 e. The Hall–Kier alpha value is -2.87. The number of carbonyl (C=O) groups excluding carboxylic acids is 3. The number of alkyl carbamates (subject to hydrolysis) is 1. The zero-order valence-electron chi connectivity index (χ0n) is 17.1. The molecule has 2 rings (SSSR count). The van der Waals surface area contributed by atoms with Crippen molar-refractivity contribution in [1.82, 2.24) is 5.32 Å². The SMILES string of the molecule is CC(C)(C)OC(=O)N[C@H](C(=O)Nc1ccc(CBr)cc1)C(=O)OCc1ccccc1. The molecule has 0 aromatic heterocycles. The number of ether oxygens (including phenoxy) is 2. The molecule has 0 radical (unpaired) electrons. The highest BCUT2D eigenvalue weighted by atomic mass is 79.9. The molecule has 0 aliphatic carbocycles. The average molecular weight is 477 g/mol. The second kappa shape index (κ2) is 10.8. The van der Waals surface area contributed by atoms with Crippen LogP contribution >= 0.6 is 15.9 Å². The molecule has 0 bridgehead atoms. The number of carbonyl (C=O) groups is 3. The summed E-state index contributed by atoms with van der Waals surface area (Å²) < 4.78 is 10.4. The summed E-state index contributed by atoms with van der Waals surface area (Å²) in [7, 11) is 0. The van der Waals surface area contributed by atoms with Crippen molar-refractivity contribution < 1.29 is 23.9 Å². The number of benzene rings is 2. The number of hydrogen-bond acceptors (Lipinski definition) is 5. The molecular formula is C22H25BrN2O5. The van der Waals surface area contributed by atoms with Crippen LogP contribution in [-0.2, 0) is 31.0 Å². The highest BCUT2D eigenvalue weighted by Gasteiger charge is 2.32. The molecular weight excluding hydrogens is 452 g/mol. The summed E-state index contributed by atoms with van der Waals surface area (Å²) in [6.07, 6.45) is -0.894. The molecule has 7 nitrogen and oxygen atoms in total. The standard InChI is InChI=1S/C22H25BrN2O5/c1-22(2,3)30-21(28)25-18(20(27)29-14-16-7-5-4-6-8-16)19(26)24-17-11-9-15(13-23)10-12-17/h4-12,18H,13-14H2,1-3H3,(H,24,26)(H,25,28)/t18-/m1/s1. The number of anilines is 1.